The minimum Gasteiger partial charge on any atom is -0.396 e. The van der Waals surface area contributed by atoms with E-state index in [1.807, 2.05) is 30.3 Å². The van der Waals surface area contributed by atoms with Gasteiger partial charge in [-0.3, -0.25) is 4.98 Å². The number of fused-ring (bicyclic) bond motifs is 1. The van der Waals surface area contributed by atoms with Crippen molar-refractivity contribution >= 4 is 10.9 Å². The summed E-state index contributed by atoms with van der Waals surface area (Å²) in [6, 6.07) is 9.81. The van der Waals surface area contributed by atoms with Crippen molar-refractivity contribution in [1.82, 2.24) is 15.1 Å². The number of nitrogens with zero attached hydrogens (tertiary/aromatic N) is 3. The molecule has 5 heteroatoms. The first-order valence-corrected chi connectivity index (χ1v) is 5.65. The molecular formula is C13H11N3O2. The number of hydrogen-bond donors (Lipinski definition) is 1. The van der Waals surface area contributed by atoms with Crippen LogP contribution in [0.15, 0.2) is 41.1 Å². The lowest BCUT2D eigenvalue weighted by Crippen LogP contribution is -1.90. The van der Waals surface area contributed by atoms with Crippen LogP contribution in [0.1, 0.15) is 5.89 Å². The van der Waals surface area contributed by atoms with Crippen molar-refractivity contribution in [3.8, 4) is 11.4 Å². The normalized spacial score (nSPS) is 10.9. The van der Waals surface area contributed by atoms with Crippen LogP contribution in [0.25, 0.3) is 22.3 Å². The first-order chi connectivity index (χ1) is 8.86. The van der Waals surface area contributed by atoms with Gasteiger partial charge >= 0.3 is 0 Å². The van der Waals surface area contributed by atoms with E-state index in [9.17, 15) is 0 Å². The number of aromatic nitrogens is 3. The van der Waals surface area contributed by atoms with E-state index in [2.05, 4.69) is 15.1 Å². The SMILES string of the molecule is OCCc1nc(-c2cnc3ccccc3c2)no1. The van der Waals surface area contributed by atoms with E-state index in [1.54, 1.807) is 6.20 Å². The molecule has 0 unspecified atom stereocenters. The molecule has 0 saturated carbocycles. The average Bonchev–Trinajstić information content (AvgIpc) is 2.87. The minimum atomic E-state index is -0.00238. The second-order valence-electron chi connectivity index (χ2n) is 3.90. The van der Waals surface area contributed by atoms with E-state index in [1.165, 1.54) is 0 Å². The van der Waals surface area contributed by atoms with Gasteiger partial charge in [0.2, 0.25) is 11.7 Å². The second-order valence-corrected chi connectivity index (χ2v) is 3.90. The lowest BCUT2D eigenvalue weighted by Gasteiger charge is -1.98. The first-order valence-electron chi connectivity index (χ1n) is 5.65. The summed E-state index contributed by atoms with van der Waals surface area (Å²) in [7, 11) is 0. The number of rotatable bonds is 3. The third-order valence-corrected chi connectivity index (χ3v) is 2.64. The highest BCUT2D eigenvalue weighted by molar-refractivity contribution is 5.82. The Morgan fingerprint density at radius 2 is 2.11 bits per heavy atom. The zero-order chi connectivity index (χ0) is 12.4. The molecule has 0 bridgehead atoms. The third kappa shape index (κ3) is 1.96. The summed E-state index contributed by atoms with van der Waals surface area (Å²) in [4.78, 5) is 8.54. The molecule has 1 N–H and O–H groups in total. The van der Waals surface area contributed by atoms with E-state index in [0.717, 1.165) is 16.5 Å². The Bertz CT molecular complexity index is 679. The highest BCUT2D eigenvalue weighted by Gasteiger charge is 2.09. The average molecular weight is 241 g/mol. The summed E-state index contributed by atoms with van der Waals surface area (Å²) in [6.45, 7) is -0.00238. The molecule has 18 heavy (non-hydrogen) atoms. The Labute approximate surface area is 103 Å². The molecule has 0 spiro atoms. The predicted molar refractivity (Wildman–Crippen MR) is 65.8 cm³/mol. The van der Waals surface area contributed by atoms with Crippen LogP contribution in [0.5, 0.6) is 0 Å². The van der Waals surface area contributed by atoms with Gasteiger partial charge in [0.05, 0.1) is 18.5 Å². The number of pyridine rings is 1. The molecule has 1 aromatic carbocycles. The van der Waals surface area contributed by atoms with E-state index in [-0.39, 0.29) is 6.61 Å². The quantitative estimate of drug-likeness (QED) is 0.757. The summed E-state index contributed by atoms with van der Waals surface area (Å²) in [5, 5.41) is 13.7. The van der Waals surface area contributed by atoms with E-state index < -0.39 is 0 Å². The molecule has 0 amide bonds. The van der Waals surface area contributed by atoms with Crippen LogP contribution >= 0.6 is 0 Å². The van der Waals surface area contributed by atoms with Crippen LogP contribution in [-0.4, -0.2) is 26.8 Å². The smallest absolute Gasteiger partial charge is 0.229 e. The summed E-state index contributed by atoms with van der Waals surface area (Å²) in [5.74, 6) is 0.928. The van der Waals surface area contributed by atoms with Crippen LogP contribution in [-0.2, 0) is 6.42 Å². The van der Waals surface area contributed by atoms with Crippen LogP contribution in [0.2, 0.25) is 0 Å². The highest BCUT2D eigenvalue weighted by atomic mass is 16.5. The standard InChI is InChI=1S/C13H11N3O2/c17-6-5-12-15-13(16-18-12)10-7-9-3-1-2-4-11(9)14-8-10/h1-4,7-8,17H,5-6H2. The maximum atomic E-state index is 8.80. The van der Waals surface area contributed by atoms with Crippen molar-refractivity contribution in [2.75, 3.05) is 6.61 Å². The Balaban J connectivity index is 2.02. The van der Waals surface area contributed by atoms with Gasteiger partial charge in [-0.05, 0) is 12.1 Å². The number of hydrogen-bond acceptors (Lipinski definition) is 5. The predicted octanol–water partition coefficient (Wildman–Crippen LogP) is 1.82. The Hall–Kier alpha value is -2.27. The topological polar surface area (TPSA) is 72.0 Å². The van der Waals surface area contributed by atoms with Gasteiger partial charge in [0.1, 0.15) is 0 Å². The van der Waals surface area contributed by atoms with Crippen LogP contribution in [0, 0.1) is 0 Å². The second kappa shape index (κ2) is 4.54. The van der Waals surface area contributed by atoms with Crippen molar-refractivity contribution in [2.45, 2.75) is 6.42 Å². The summed E-state index contributed by atoms with van der Waals surface area (Å²) < 4.78 is 5.02. The van der Waals surface area contributed by atoms with Crippen molar-refractivity contribution in [3.05, 3.63) is 42.4 Å². The lowest BCUT2D eigenvalue weighted by atomic mass is 10.1. The zero-order valence-electron chi connectivity index (χ0n) is 9.58. The van der Waals surface area contributed by atoms with Gasteiger partial charge < -0.3 is 9.63 Å². The Morgan fingerprint density at radius 3 is 3.00 bits per heavy atom. The molecule has 90 valence electrons. The van der Waals surface area contributed by atoms with Crippen molar-refractivity contribution in [3.63, 3.8) is 0 Å². The minimum absolute atomic E-state index is 0.00238. The lowest BCUT2D eigenvalue weighted by molar-refractivity contribution is 0.274. The summed E-state index contributed by atoms with van der Waals surface area (Å²) in [5.41, 5.74) is 1.74. The molecule has 3 rings (SSSR count). The van der Waals surface area contributed by atoms with E-state index in [0.29, 0.717) is 18.1 Å². The largest absolute Gasteiger partial charge is 0.396 e. The molecule has 3 aromatic rings. The molecule has 0 atom stereocenters. The number of benzene rings is 1. The van der Waals surface area contributed by atoms with E-state index >= 15 is 0 Å². The summed E-state index contributed by atoms with van der Waals surface area (Å²) in [6.07, 6.45) is 2.09. The van der Waals surface area contributed by atoms with Crippen LogP contribution in [0.4, 0.5) is 0 Å². The Kier molecular flexibility index (Phi) is 2.74. The number of aliphatic hydroxyl groups excluding tert-OH is 1. The van der Waals surface area contributed by atoms with Gasteiger partial charge in [0.25, 0.3) is 0 Å². The third-order valence-electron chi connectivity index (χ3n) is 2.64. The summed E-state index contributed by atoms with van der Waals surface area (Å²) >= 11 is 0. The molecule has 2 aromatic heterocycles. The number of para-hydroxylation sites is 1. The van der Waals surface area contributed by atoms with Gasteiger partial charge in [-0.1, -0.05) is 23.4 Å². The van der Waals surface area contributed by atoms with Gasteiger partial charge in [-0.2, -0.15) is 4.98 Å². The molecule has 0 saturated heterocycles. The monoisotopic (exact) mass is 241 g/mol. The zero-order valence-corrected chi connectivity index (χ0v) is 9.58. The molecule has 0 aliphatic heterocycles. The first kappa shape index (κ1) is 10.9. The van der Waals surface area contributed by atoms with Crippen LogP contribution < -0.4 is 0 Å². The van der Waals surface area contributed by atoms with Gasteiger partial charge in [-0.15, -0.1) is 0 Å². The van der Waals surface area contributed by atoms with Gasteiger partial charge in [-0.25, -0.2) is 0 Å². The molecule has 5 nitrogen and oxygen atoms in total. The Morgan fingerprint density at radius 1 is 1.22 bits per heavy atom. The molecule has 0 aliphatic rings. The molecule has 0 radical (unpaired) electrons. The molecule has 0 fully saturated rings. The van der Waals surface area contributed by atoms with Gasteiger partial charge in [0, 0.05) is 17.1 Å². The molecule has 2 heterocycles. The maximum Gasteiger partial charge on any atom is 0.229 e. The van der Waals surface area contributed by atoms with Crippen molar-refractivity contribution < 1.29 is 9.63 Å². The highest BCUT2D eigenvalue weighted by Crippen LogP contribution is 2.20. The fourth-order valence-electron chi connectivity index (χ4n) is 1.76. The molecular weight excluding hydrogens is 230 g/mol. The molecule has 0 aliphatic carbocycles. The maximum absolute atomic E-state index is 8.80. The van der Waals surface area contributed by atoms with Crippen molar-refractivity contribution in [2.24, 2.45) is 0 Å². The van der Waals surface area contributed by atoms with Gasteiger partial charge in [0.15, 0.2) is 0 Å². The fraction of sp³-hybridized carbons (Fsp3) is 0.154. The number of aliphatic hydroxyl groups is 1. The fourth-order valence-corrected chi connectivity index (χ4v) is 1.76. The van der Waals surface area contributed by atoms with Crippen molar-refractivity contribution in [1.29, 1.82) is 0 Å². The van der Waals surface area contributed by atoms with Crippen LogP contribution in [0.3, 0.4) is 0 Å². The van der Waals surface area contributed by atoms with E-state index in [4.69, 9.17) is 9.63 Å².